The molecule has 1 aromatic rings. The van der Waals surface area contributed by atoms with Crippen LogP contribution in [0.1, 0.15) is 50.0 Å². The minimum absolute atomic E-state index is 0.135. The molecule has 4 heteroatoms. The van der Waals surface area contributed by atoms with Crippen molar-refractivity contribution in [1.82, 2.24) is 5.32 Å². The summed E-state index contributed by atoms with van der Waals surface area (Å²) in [5, 5.41) is 3.11. The van der Waals surface area contributed by atoms with E-state index in [1.54, 1.807) is 7.11 Å². The molecule has 1 aromatic carbocycles. The van der Waals surface area contributed by atoms with Gasteiger partial charge in [0.1, 0.15) is 5.75 Å². The topological polar surface area (TPSA) is 47.6 Å². The number of amides is 1. The van der Waals surface area contributed by atoms with Crippen LogP contribution in [-0.2, 0) is 9.53 Å². The second kappa shape index (κ2) is 8.34. The highest BCUT2D eigenvalue weighted by Gasteiger charge is 2.43. The van der Waals surface area contributed by atoms with E-state index in [0.29, 0.717) is 5.92 Å². The zero-order chi connectivity index (χ0) is 16.8. The van der Waals surface area contributed by atoms with Gasteiger partial charge in [-0.3, -0.25) is 4.79 Å². The van der Waals surface area contributed by atoms with Gasteiger partial charge in [0.15, 0.2) is 6.79 Å². The summed E-state index contributed by atoms with van der Waals surface area (Å²) in [6, 6.07) is 7.99. The molecule has 0 radical (unpaired) electrons. The lowest BCUT2D eigenvalue weighted by molar-refractivity contribution is -0.122. The Morgan fingerprint density at radius 1 is 1.25 bits per heavy atom. The molecule has 24 heavy (non-hydrogen) atoms. The maximum absolute atomic E-state index is 12.3. The Labute approximate surface area is 144 Å². The molecule has 2 aliphatic carbocycles. The number of carbonyl (C=O) groups excluding carboxylic acids is 1. The largest absolute Gasteiger partial charge is 0.468 e. The van der Waals surface area contributed by atoms with Gasteiger partial charge < -0.3 is 14.8 Å². The smallest absolute Gasteiger partial charge is 0.223 e. The monoisotopic (exact) mass is 329 g/mol. The van der Waals surface area contributed by atoms with Crippen LogP contribution in [0.25, 0.3) is 0 Å². The van der Waals surface area contributed by atoms with Gasteiger partial charge in [0.05, 0.1) is 0 Å². The maximum atomic E-state index is 12.3. The molecule has 0 heterocycles. The molecule has 2 unspecified atom stereocenters. The molecule has 1 amide bonds. The molecule has 0 spiro atoms. The quantitative estimate of drug-likeness (QED) is 0.583. The Kier molecular flexibility index (Phi) is 5.91. The number of benzene rings is 1. The minimum atomic E-state index is 0.135. The van der Waals surface area contributed by atoms with Gasteiger partial charge in [0.25, 0.3) is 0 Å². The predicted molar refractivity (Wildman–Crippen MR) is 94.0 cm³/mol. The first-order chi connectivity index (χ1) is 11.8. The zero-order valence-electron chi connectivity index (χ0n) is 14.4. The van der Waals surface area contributed by atoms with Crippen LogP contribution in [0.2, 0.25) is 0 Å². The summed E-state index contributed by atoms with van der Waals surface area (Å²) in [7, 11) is 1.60. The van der Waals surface area contributed by atoms with Gasteiger partial charge >= 0.3 is 0 Å². The summed E-state index contributed by atoms with van der Waals surface area (Å²) in [5.74, 6) is 1.49. The van der Waals surface area contributed by atoms with E-state index in [0.717, 1.165) is 25.1 Å². The van der Waals surface area contributed by atoms with E-state index >= 15 is 0 Å². The molecular formula is C20H27NO3. The molecule has 4 nitrogen and oxygen atoms in total. The van der Waals surface area contributed by atoms with E-state index in [-0.39, 0.29) is 18.6 Å². The van der Waals surface area contributed by atoms with Gasteiger partial charge in [-0.25, -0.2) is 0 Å². The number of hydrogen-bond donors (Lipinski definition) is 1. The number of carbonyl (C=O) groups is 1. The number of nitrogens with one attached hydrogen (secondary N) is 1. The van der Waals surface area contributed by atoms with Crippen LogP contribution >= 0.6 is 0 Å². The molecule has 0 aromatic heterocycles. The van der Waals surface area contributed by atoms with Crippen LogP contribution in [-0.4, -0.2) is 26.4 Å². The fraction of sp³-hybridized carbons (Fsp3) is 0.550. The first-order valence-electron chi connectivity index (χ1n) is 8.95. The zero-order valence-corrected chi connectivity index (χ0v) is 14.4. The Morgan fingerprint density at radius 3 is 2.79 bits per heavy atom. The average molecular weight is 329 g/mol. The normalized spacial score (nSPS) is 22.6. The van der Waals surface area contributed by atoms with Crippen molar-refractivity contribution in [2.75, 3.05) is 20.4 Å². The van der Waals surface area contributed by atoms with Crippen LogP contribution < -0.4 is 10.1 Å². The van der Waals surface area contributed by atoms with E-state index in [4.69, 9.17) is 9.47 Å². The van der Waals surface area contributed by atoms with Crippen molar-refractivity contribution in [2.24, 2.45) is 5.92 Å². The molecule has 3 rings (SSSR count). The minimum Gasteiger partial charge on any atom is -0.468 e. The van der Waals surface area contributed by atoms with E-state index in [1.807, 2.05) is 12.1 Å². The van der Waals surface area contributed by atoms with E-state index < -0.39 is 0 Å². The third-order valence-electron chi connectivity index (χ3n) is 4.91. The average Bonchev–Trinajstić information content (AvgIpc) is 3.42. The van der Waals surface area contributed by atoms with Crippen LogP contribution in [0.5, 0.6) is 5.75 Å². The highest BCUT2D eigenvalue weighted by Crippen LogP contribution is 2.47. The molecule has 130 valence electrons. The molecule has 2 aliphatic rings. The second-order valence-corrected chi connectivity index (χ2v) is 6.72. The first-order valence-corrected chi connectivity index (χ1v) is 8.95. The van der Waals surface area contributed by atoms with Crippen LogP contribution in [0.4, 0.5) is 0 Å². The highest BCUT2D eigenvalue weighted by molar-refractivity contribution is 5.82. The van der Waals surface area contributed by atoms with E-state index in [9.17, 15) is 4.79 Å². The summed E-state index contributed by atoms with van der Waals surface area (Å²) in [6.07, 6.45) is 9.34. The molecule has 0 aliphatic heterocycles. The second-order valence-electron chi connectivity index (χ2n) is 6.72. The standard InChI is InChI=1S/C20H27NO3/c1-23-14-24-17-9-7-16(8-10-17)18-13-19(18)20(22)21-12-11-15-5-3-2-4-6-15/h5,7-10,18-19H,2-4,6,11-14H2,1H3,(H,21,22). The molecule has 1 N–H and O–H groups in total. The number of rotatable bonds is 8. The Balaban J connectivity index is 1.41. The van der Waals surface area contributed by atoms with Crippen LogP contribution in [0.15, 0.2) is 35.9 Å². The first kappa shape index (κ1) is 17.0. The van der Waals surface area contributed by atoms with Crippen molar-refractivity contribution in [3.8, 4) is 5.75 Å². The van der Waals surface area contributed by atoms with Gasteiger partial charge in [-0.2, -0.15) is 0 Å². The van der Waals surface area contributed by atoms with Crippen LogP contribution in [0, 0.1) is 5.92 Å². The fourth-order valence-corrected chi connectivity index (χ4v) is 3.40. The Hall–Kier alpha value is -1.81. The summed E-state index contributed by atoms with van der Waals surface area (Å²) < 4.78 is 10.3. The van der Waals surface area contributed by atoms with Crippen molar-refractivity contribution < 1.29 is 14.3 Å². The van der Waals surface area contributed by atoms with Gasteiger partial charge in [-0.15, -0.1) is 0 Å². The lowest BCUT2D eigenvalue weighted by atomic mass is 9.97. The lowest BCUT2D eigenvalue weighted by Gasteiger charge is -2.13. The summed E-state index contributed by atoms with van der Waals surface area (Å²) in [4.78, 5) is 12.3. The highest BCUT2D eigenvalue weighted by atomic mass is 16.7. The van der Waals surface area contributed by atoms with Crippen molar-refractivity contribution in [1.29, 1.82) is 0 Å². The lowest BCUT2D eigenvalue weighted by Crippen LogP contribution is -2.26. The third kappa shape index (κ3) is 4.60. The number of ether oxygens (including phenoxy) is 2. The molecule has 0 bridgehead atoms. The van der Waals surface area contributed by atoms with Gasteiger partial charge in [0, 0.05) is 19.6 Å². The van der Waals surface area contributed by atoms with Gasteiger partial charge in [0.2, 0.25) is 5.91 Å². The van der Waals surface area contributed by atoms with Crippen molar-refractivity contribution in [3.63, 3.8) is 0 Å². The molecule has 1 fully saturated rings. The van der Waals surface area contributed by atoms with Crippen molar-refractivity contribution in [2.45, 2.75) is 44.4 Å². The third-order valence-corrected chi connectivity index (χ3v) is 4.91. The molecule has 0 saturated heterocycles. The Bertz CT molecular complexity index is 579. The predicted octanol–water partition coefficient (Wildman–Crippen LogP) is 3.78. The van der Waals surface area contributed by atoms with Gasteiger partial charge in [-0.1, -0.05) is 23.8 Å². The summed E-state index contributed by atoms with van der Waals surface area (Å²) >= 11 is 0. The summed E-state index contributed by atoms with van der Waals surface area (Å²) in [5.41, 5.74) is 2.73. The van der Waals surface area contributed by atoms with Gasteiger partial charge in [-0.05, 0) is 62.1 Å². The number of methoxy groups -OCH3 is 1. The summed E-state index contributed by atoms with van der Waals surface area (Å²) in [6.45, 7) is 1.03. The van der Waals surface area contributed by atoms with Crippen molar-refractivity contribution in [3.05, 3.63) is 41.5 Å². The fourth-order valence-electron chi connectivity index (χ4n) is 3.40. The molecular weight excluding hydrogens is 302 g/mol. The van der Waals surface area contributed by atoms with Crippen molar-refractivity contribution >= 4 is 5.91 Å². The molecule has 2 atom stereocenters. The maximum Gasteiger partial charge on any atom is 0.223 e. The Morgan fingerprint density at radius 2 is 2.08 bits per heavy atom. The SMILES string of the molecule is COCOc1ccc(C2CC2C(=O)NCCC2=CCCCC2)cc1. The molecule has 1 saturated carbocycles. The van der Waals surface area contributed by atoms with E-state index in [2.05, 4.69) is 23.5 Å². The van der Waals surface area contributed by atoms with E-state index in [1.165, 1.54) is 36.8 Å². The number of allylic oxidation sites excluding steroid dienone is 1. The van der Waals surface area contributed by atoms with Crippen LogP contribution in [0.3, 0.4) is 0 Å². The number of hydrogen-bond acceptors (Lipinski definition) is 3.